The zero-order valence-electron chi connectivity index (χ0n) is 15.6. The first-order chi connectivity index (χ1) is 11.2. The summed E-state index contributed by atoms with van der Waals surface area (Å²) in [6, 6.07) is 15.5. The van der Waals surface area contributed by atoms with Gasteiger partial charge in [0.25, 0.3) is 0 Å². The zero-order valence-corrected chi connectivity index (χ0v) is 14.7. The Kier molecular flexibility index (Phi) is 2.78. The molecule has 0 atom stereocenters. The summed E-state index contributed by atoms with van der Waals surface area (Å²) in [5.41, 5.74) is 2.26. The van der Waals surface area contributed by atoms with Gasteiger partial charge in [0.1, 0.15) is 0 Å². The fourth-order valence-corrected chi connectivity index (χ4v) is 4.69. The molecule has 0 unspecified atom stereocenters. The number of fused-ring (bicyclic) bond motifs is 1. The molecular formula is C19H21GeN. The molecule has 3 aromatic rings. The van der Waals surface area contributed by atoms with Gasteiger partial charge in [0, 0.05) is 0 Å². The summed E-state index contributed by atoms with van der Waals surface area (Å²) in [6.45, 7) is -2.12. The van der Waals surface area contributed by atoms with Gasteiger partial charge in [-0.15, -0.1) is 0 Å². The van der Waals surface area contributed by atoms with Crippen LogP contribution in [0.15, 0.2) is 54.7 Å². The first-order valence-electron chi connectivity index (χ1n) is 8.67. The minimum atomic E-state index is -2.12. The van der Waals surface area contributed by atoms with Crippen molar-refractivity contribution in [1.29, 1.82) is 0 Å². The molecule has 1 nitrogen and oxygen atoms in total. The maximum atomic E-state index is 7.75. The summed E-state index contributed by atoms with van der Waals surface area (Å²) in [5.74, 6) is 7.03. The molecule has 0 aliphatic carbocycles. The van der Waals surface area contributed by atoms with Crippen LogP contribution in [-0.4, -0.2) is 18.3 Å². The summed E-state index contributed by atoms with van der Waals surface area (Å²) < 4.78 is 24.6. The summed E-state index contributed by atoms with van der Waals surface area (Å²) in [4.78, 5) is 4.66. The number of rotatable bonds is 2. The van der Waals surface area contributed by atoms with Gasteiger partial charge in [0.15, 0.2) is 0 Å². The van der Waals surface area contributed by atoms with E-state index < -0.39 is 20.1 Å². The van der Waals surface area contributed by atoms with E-state index in [2.05, 4.69) is 34.4 Å². The SMILES string of the molecule is [2H]C([2H])([2H])c1ccc(-c2cc[c]([Ge]([CH3])([CH3])[CH3])cn2)c2ccccc12. The molecule has 1 aromatic heterocycles. The Morgan fingerprint density at radius 2 is 1.67 bits per heavy atom. The molecule has 0 fully saturated rings. The fraction of sp³-hybridized carbons (Fsp3) is 0.211. The summed E-state index contributed by atoms with van der Waals surface area (Å²) in [5, 5.41) is 1.71. The van der Waals surface area contributed by atoms with Crippen molar-refractivity contribution in [3.63, 3.8) is 0 Å². The molecule has 0 saturated heterocycles. The quantitative estimate of drug-likeness (QED) is 0.614. The topological polar surface area (TPSA) is 12.9 Å². The van der Waals surface area contributed by atoms with Gasteiger partial charge in [-0.05, 0) is 0 Å². The third kappa shape index (κ3) is 2.75. The van der Waals surface area contributed by atoms with Crippen molar-refractivity contribution in [3.8, 4) is 11.3 Å². The van der Waals surface area contributed by atoms with Gasteiger partial charge in [0.05, 0.1) is 0 Å². The van der Waals surface area contributed by atoms with Gasteiger partial charge in [-0.25, -0.2) is 0 Å². The molecule has 21 heavy (non-hydrogen) atoms. The van der Waals surface area contributed by atoms with Crippen molar-refractivity contribution in [1.82, 2.24) is 4.98 Å². The van der Waals surface area contributed by atoms with E-state index in [-0.39, 0.29) is 0 Å². The molecule has 0 spiro atoms. The summed E-state index contributed by atoms with van der Waals surface area (Å²) in [6.07, 6.45) is 1.99. The predicted molar refractivity (Wildman–Crippen MR) is 94.9 cm³/mol. The van der Waals surface area contributed by atoms with Gasteiger partial charge in [-0.3, -0.25) is 0 Å². The average molecular weight is 339 g/mol. The summed E-state index contributed by atoms with van der Waals surface area (Å²) in [7, 11) is 0. The first kappa shape index (κ1) is 11.0. The number of hydrogen-bond acceptors (Lipinski definition) is 1. The molecule has 0 amide bonds. The van der Waals surface area contributed by atoms with Crippen LogP contribution in [0.3, 0.4) is 0 Å². The van der Waals surface area contributed by atoms with Crippen LogP contribution in [0, 0.1) is 6.85 Å². The van der Waals surface area contributed by atoms with E-state index in [1.807, 2.05) is 36.5 Å². The molecule has 106 valence electrons. The van der Waals surface area contributed by atoms with Crippen LogP contribution in [0.1, 0.15) is 9.68 Å². The Bertz CT molecular complexity index is 878. The van der Waals surface area contributed by atoms with Crippen LogP contribution in [0.2, 0.25) is 17.3 Å². The zero-order chi connectivity index (χ0) is 17.5. The molecule has 0 bridgehead atoms. The Morgan fingerprint density at radius 1 is 0.905 bits per heavy atom. The molecular weight excluding hydrogens is 315 g/mol. The van der Waals surface area contributed by atoms with Crippen molar-refractivity contribution in [2.75, 3.05) is 0 Å². The van der Waals surface area contributed by atoms with Crippen LogP contribution in [0.5, 0.6) is 0 Å². The van der Waals surface area contributed by atoms with Crippen molar-refractivity contribution in [2.24, 2.45) is 0 Å². The van der Waals surface area contributed by atoms with Gasteiger partial charge in [-0.1, -0.05) is 0 Å². The number of aromatic nitrogens is 1. The number of hydrogen-bond donors (Lipinski definition) is 0. The van der Waals surface area contributed by atoms with Crippen molar-refractivity contribution in [2.45, 2.75) is 24.1 Å². The number of aryl methyl sites for hydroxylation is 1. The normalized spacial score (nSPS) is 14.5. The van der Waals surface area contributed by atoms with Crippen molar-refractivity contribution >= 4 is 28.4 Å². The van der Waals surface area contributed by atoms with Gasteiger partial charge >= 0.3 is 133 Å². The van der Waals surface area contributed by atoms with Crippen LogP contribution in [-0.2, 0) is 0 Å². The second-order valence-electron chi connectivity index (χ2n) is 6.39. The first-order valence-corrected chi connectivity index (χ1v) is 14.5. The van der Waals surface area contributed by atoms with Crippen LogP contribution in [0.25, 0.3) is 22.0 Å². The van der Waals surface area contributed by atoms with E-state index in [1.165, 1.54) is 4.40 Å². The molecule has 2 aromatic carbocycles. The predicted octanol–water partition coefficient (Wildman–Crippen LogP) is 4.76. The summed E-state index contributed by atoms with van der Waals surface area (Å²) >= 11 is -1.88. The third-order valence-corrected chi connectivity index (χ3v) is 8.08. The Morgan fingerprint density at radius 3 is 2.29 bits per heavy atom. The Labute approximate surface area is 133 Å². The van der Waals surface area contributed by atoms with Crippen LogP contribution < -0.4 is 4.40 Å². The number of pyridine rings is 1. The standard InChI is InChI=1S/C19H21GeN/c1-14-9-11-18(17-8-6-5-7-16(14)17)19-12-10-15(13-21-19)20(2,3)4/h5-13H,1-4H3/i1D3. The van der Waals surface area contributed by atoms with Crippen LogP contribution in [0.4, 0.5) is 0 Å². The molecule has 0 aliphatic rings. The Hall–Kier alpha value is -1.61. The van der Waals surface area contributed by atoms with Crippen molar-refractivity contribution < 1.29 is 4.11 Å². The van der Waals surface area contributed by atoms with E-state index in [1.54, 1.807) is 6.07 Å². The molecule has 1 heterocycles. The van der Waals surface area contributed by atoms with Gasteiger partial charge < -0.3 is 0 Å². The average Bonchev–Trinajstić information content (AvgIpc) is 2.52. The molecule has 0 radical (unpaired) electrons. The fourth-order valence-electron chi connectivity index (χ4n) is 2.52. The van der Waals surface area contributed by atoms with E-state index in [0.717, 1.165) is 22.0 Å². The molecule has 0 N–H and O–H groups in total. The minimum absolute atomic E-state index is 0.392. The molecule has 0 aliphatic heterocycles. The van der Waals surface area contributed by atoms with Crippen LogP contribution >= 0.6 is 0 Å². The van der Waals surface area contributed by atoms with Crippen molar-refractivity contribution in [3.05, 3.63) is 60.3 Å². The molecule has 2 heteroatoms. The maximum absolute atomic E-state index is 7.75. The second-order valence-corrected chi connectivity index (χ2v) is 17.0. The van der Waals surface area contributed by atoms with E-state index >= 15 is 0 Å². The number of benzene rings is 2. The Balaban J connectivity index is 2.18. The number of nitrogens with zero attached hydrogens (tertiary/aromatic N) is 1. The third-order valence-electron chi connectivity index (χ3n) is 3.83. The van der Waals surface area contributed by atoms with Gasteiger partial charge in [0.2, 0.25) is 0 Å². The van der Waals surface area contributed by atoms with E-state index in [9.17, 15) is 0 Å². The molecule has 3 rings (SSSR count). The molecule has 0 saturated carbocycles. The monoisotopic (exact) mass is 340 g/mol. The second kappa shape index (κ2) is 5.30. The van der Waals surface area contributed by atoms with E-state index in [0.29, 0.717) is 5.56 Å². The van der Waals surface area contributed by atoms with E-state index in [4.69, 9.17) is 4.11 Å². The van der Waals surface area contributed by atoms with Gasteiger partial charge in [-0.2, -0.15) is 0 Å².